The van der Waals surface area contributed by atoms with Crippen molar-refractivity contribution in [1.82, 2.24) is 20.9 Å². The highest BCUT2D eigenvalue weighted by Crippen LogP contribution is 2.31. The summed E-state index contributed by atoms with van der Waals surface area (Å²) in [7, 11) is 0. The minimum Gasteiger partial charge on any atom is -0.446 e. The molecule has 1 aliphatic heterocycles. The average Bonchev–Trinajstić information content (AvgIpc) is 3.59. The number of alkyl carbamates (subject to hydrolysis) is 1. The van der Waals surface area contributed by atoms with Crippen LogP contribution in [0.15, 0.2) is 12.7 Å². The average molecular weight is 547 g/mol. The summed E-state index contributed by atoms with van der Waals surface area (Å²) in [6, 6.07) is -2.50. The quantitative estimate of drug-likeness (QED) is 0.255. The highest BCUT2D eigenvalue weighted by atomic mass is 16.6. The molecule has 0 radical (unpaired) electrons. The van der Waals surface area contributed by atoms with E-state index in [-0.39, 0.29) is 24.5 Å². The molecule has 2 aliphatic carbocycles. The maximum absolute atomic E-state index is 13.9. The molecule has 3 N–H and O–H groups in total. The predicted octanol–water partition coefficient (Wildman–Crippen LogP) is 3.00. The Morgan fingerprint density at radius 2 is 1.72 bits per heavy atom. The van der Waals surface area contributed by atoms with Gasteiger partial charge in [0.2, 0.25) is 17.6 Å². The summed E-state index contributed by atoms with van der Waals surface area (Å²) in [4.78, 5) is 66.6. The highest BCUT2D eigenvalue weighted by molar-refractivity contribution is 6.38. The van der Waals surface area contributed by atoms with E-state index in [2.05, 4.69) is 29.5 Å². The molecule has 1 saturated heterocycles. The van der Waals surface area contributed by atoms with Crippen LogP contribution in [-0.4, -0.2) is 71.8 Å². The number of nitrogens with zero attached hydrogens (tertiary/aromatic N) is 1. The number of nitrogens with one attached hydrogen (secondary N) is 3. The Morgan fingerprint density at radius 3 is 2.36 bits per heavy atom. The second-order valence-electron chi connectivity index (χ2n) is 11.3. The minimum absolute atomic E-state index is 0.0212. The van der Waals surface area contributed by atoms with Crippen molar-refractivity contribution in [2.45, 2.75) is 115 Å². The Morgan fingerprint density at radius 1 is 0.974 bits per heavy atom. The number of Topliss-reactive ketones (excluding diaryl/α,β-unsaturated/α-hetero) is 1. The standard InChI is InChI=1S/C29H46N4O6/c1-4-11-21(25(34)27(36)30-17-5-2)31-26(35)22-15-10-18-33(22)28(37)24(20-13-7-6-8-14-20)32-29(38)39-23-16-9-12-19(23)3/h5,19-24H,2,4,6-18H2,1,3H3,(H,30,36)(H,31,35)(H,32,38)/t19?,21-,22+,23?,24+/m1/s1. The molecule has 3 aliphatic rings. The number of carbonyl (C=O) groups is 5. The van der Waals surface area contributed by atoms with Crippen molar-refractivity contribution in [3.8, 4) is 0 Å². The van der Waals surface area contributed by atoms with Crippen LogP contribution in [-0.2, 0) is 23.9 Å². The van der Waals surface area contributed by atoms with E-state index in [1.54, 1.807) is 4.90 Å². The Hall–Kier alpha value is -2.91. The van der Waals surface area contributed by atoms with Gasteiger partial charge in [-0.2, -0.15) is 0 Å². The first-order valence-corrected chi connectivity index (χ1v) is 14.8. The van der Waals surface area contributed by atoms with Crippen molar-refractivity contribution in [3.05, 3.63) is 12.7 Å². The van der Waals surface area contributed by atoms with Gasteiger partial charge < -0.3 is 25.6 Å². The molecule has 218 valence electrons. The van der Waals surface area contributed by atoms with Crippen LogP contribution >= 0.6 is 0 Å². The molecule has 1 heterocycles. The largest absolute Gasteiger partial charge is 0.446 e. The van der Waals surface area contributed by atoms with Gasteiger partial charge in [-0.15, -0.1) is 6.58 Å². The van der Waals surface area contributed by atoms with E-state index < -0.39 is 41.8 Å². The van der Waals surface area contributed by atoms with Crippen molar-refractivity contribution in [2.24, 2.45) is 11.8 Å². The van der Waals surface area contributed by atoms with Crippen molar-refractivity contribution in [3.63, 3.8) is 0 Å². The highest BCUT2D eigenvalue weighted by Gasteiger charge is 2.42. The van der Waals surface area contributed by atoms with Crippen LogP contribution in [0.4, 0.5) is 4.79 Å². The maximum atomic E-state index is 13.9. The molecule has 3 fully saturated rings. The fraction of sp³-hybridized carbons (Fsp3) is 0.759. The van der Waals surface area contributed by atoms with Crippen LogP contribution in [0.25, 0.3) is 0 Å². The predicted molar refractivity (Wildman–Crippen MR) is 147 cm³/mol. The molecule has 10 heteroatoms. The third-order valence-electron chi connectivity index (χ3n) is 8.38. The summed E-state index contributed by atoms with van der Waals surface area (Å²) in [5, 5.41) is 8.08. The molecule has 0 aromatic rings. The lowest BCUT2D eigenvalue weighted by molar-refractivity contribution is -0.143. The SMILES string of the molecule is C=CCNC(=O)C(=O)[C@@H](CCC)NC(=O)[C@@H]1CCCN1C(=O)[C@@H](NC(=O)OC1CCCC1C)C1CCCCC1. The van der Waals surface area contributed by atoms with Crippen LogP contribution in [0.2, 0.25) is 0 Å². The van der Waals surface area contributed by atoms with Gasteiger partial charge in [-0.25, -0.2) is 4.79 Å². The number of ketones is 1. The summed E-state index contributed by atoms with van der Waals surface area (Å²) in [6.07, 6.45) is 10.3. The fourth-order valence-corrected chi connectivity index (χ4v) is 6.15. The first-order chi connectivity index (χ1) is 18.8. The zero-order valence-electron chi connectivity index (χ0n) is 23.5. The van der Waals surface area contributed by atoms with Gasteiger partial charge in [0, 0.05) is 13.1 Å². The molecule has 2 unspecified atom stereocenters. The maximum Gasteiger partial charge on any atom is 0.408 e. The first kappa shape index (κ1) is 30.6. The Labute approximate surface area is 232 Å². The van der Waals surface area contributed by atoms with E-state index in [1.165, 1.54) is 6.08 Å². The lowest BCUT2D eigenvalue weighted by atomic mass is 9.83. The Balaban J connectivity index is 1.70. The number of amides is 4. The summed E-state index contributed by atoms with van der Waals surface area (Å²) in [5.74, 6) is -1.94. The van der Waals surface area contributed by atoms with Gasteiger partial charge in [-0.3, -0.25) is 19.2 Å². The zero-order chi connectivity index (χ0) is 28.4. The fourth-order valence-electron chi connectivity index (χ4n) is 6.15. The van der Waals surface area contributed by atoms with E-state index in [9.17, 15) is 24.0 Å². The van der Waals surface area contributed by atoms with E-state index in [1.807, 2.05) is 6.92 Å². The van der Waals surface area contributed by atoms with Gasteiger partial charge in [0.15, 0.2) is 0 Å². The summed E-state index contributed by atoms with van der Waals surface area (Å²) < 4.78 is 5.71. The molecule has 39 heavy (non-hydrogen) atoms. The molecular formula is C29H46N4O6. The Bertz CT molecular complexity index is 902. The Kier molecular flexibility index (Phi) is 11.8. The molecule has 4 amide bonds. The molecular weight excluding hydrogens is 500 g/mol. The third-order valence-corrected chi connectivity index (χ3v) is 8.38. The zero-order valence-corrected chi connectivity index (χ0v) is 23.5. The second-order valence-corrected chi connectivity index (χ2v) is 11.3. The number of hydrogen-bond acceptors (Lipinski definition) is 6. The molecule has 2 saturated carbocycles. The smallest absolute Gasteiger partial charge is 0.408 e. The molecule has 0 bridgehead atoms. The first-order valence-electron chi connectivity index (χ1n) is 14.8. The topological polar surface area (TPSA) is 134 Å². The molecule has 0 aromatic heterocycles. The van der Waals surface area contributed by atoms with Crippen LogP contribution in [0.1, 0.15) is 90.9 Å². The van der Waals surface area contributed by atoms with Crippen LogP contribution in [0.5, 0.6) is 0 Å². The van der Waals surface area contributed by atoms with Gasteiger partial charge in [0.1, 0.15) is 18.2 Å². The van der Waals surface area contributed by atoms with Gasteiger partial charge in [0.05, 0.1) is 6.04 Å². The van der Waals surface area contributed by atoms with E-state index in [0.29, 0.717) is 38.1 Å². The molecule has 3 rings (SSSR count). The summed E-state index contributed by atoms with van der Waals surface area (Å²) in [5.41, 5.74) is 0. The second kappa shape index (κ2) is 15.0. The number of carbonyl (C=O) groups excluding carboxylic acids is 5. The number of hydrogen-bond donors (Lipinski definition) is 3. The van der Waals surface area contributed by atoms with Crippen molar-refractivity contribution < 1.29 is 28.7 Å². The lowest BCUT2D eigenvalue weighted by Crippen LogP contribution is -2.58. The van der Waals surface area contributed by atoms with E-state index >= 15 is 0 Å². The molecule has 0 aromatic carbocycles. The van der Waals surface area contributed by atoms with Gasteiger partial charge in [-0.05, 0) is 63.2 Å². The van der Waals surface area contributed by atoms with Crippen LogP contribution in [0, 0.1) is 11.8 Å². The number of ether oxygens (including phenoxy) is 1. The van der Waals surface area contributed by atoms with E-state index in [4.69, 9.17) is 4.74 Å². The summed E-state index contributed by atoms with van der Waals surface area (Å²) >= 11 is 0. The summed E-state index contributed by atoms with van der Waals surface area (Å²) in [6.45, 7) is 8.01. The van der Waals surface area contributed by atoms with Gasteiger partial charge >= 0.3 is 6.09 Å². The lowest BCUT2D eigenvalue weighted by Gasteiger charge is -2.35. The van der Waals surface area contributed by atoms with Gasteiger partial charge in [0.25, 0.3) is 5.91 Å². The van der Waals surface area contributed by atoms with Crippen LogP contribution in [0.3, 0.4) is 0 Å². The molecule has 5 atom stereocenters. The molecule has 0 spiro atoms. The minimum atomic E-state index is -0.972. The van der Waals surface area contributed by atoms with Gasteiger partial charge in [-0.1, -0.05) is 45.6 Å². The van der Waals surface area contributed by atoms with Crippen molar-refractivity contribution >= 4 is 29.6 Å². The number of likely N-dealkylation sites (tertiary alicyclic amines) is 1. The van der Waals surface area contributed by atoms with Crippen LogP contribution < -0.4 is 16.0 Å². The number of rotatable bonds is 12. The monoisotopic (exact) mass is 546 g/mol. The third kappa shape index (κ3) is 8.29. The van der Waals surface area contributed by atoms with Crippen molar-refractivity contribution in [1.29, 1.82) is 0 Å². The molecule has 10 nitrogen and oxygen atoms in total. The normalized spacial score (nSPS) is 24.9. The van der Waals surface area contributed by atoms with Crippen molar-refractivity contribution in [2.75, 3.05) is 13.1 Å². The van der Waals surface area contributed by atoms with E-state index in [0.717, 1.165) is 51.4 Å².